The standard InChI is InChI=1S/C20H22N4OS/c25-20(16-10-15(12-22-13-16)9-14-5-7-21-11-14)23-8-6-19-24-17-3-1-2-4-18(17)26-19/h1-4,10,12-14,21H,5-9,11H2,(H,23,25). The van der Waals surface area contributed by atoms with E-state index in [-0.39, 0.29) is 5.91 Å². The van der Waals surface area contributed by atoms with E-state index < -0.39 is 0 Å². The maximum atomic E-state index is 12.4. The first-order chi connectivity index (χ1) is 12.8. The maximum Gasteiger partial charge on any atom is 0.252 e. The molecular weight excluding hydrogens is 344 g/mol. The lowest BCUT2D eigenvalue weighted by molar-refractivity contribution is 0.0953. The minimum Gasteiger partial charge on any atom is -0.352 e. The summed E-state index contributed by atoms with van der Waals surface area (Å²) >= 11 is 1.68. The second-order valence-corrected chi connectivity index (χ2v) is 7.84. The summed E-state index contributed by atoms with van der Waals surface area (Å²) in [7, 11) is 0. The van der Waals surface area contributed by atoms with Gasteiger partial charge in [-0.2, -0.15) is 0 Å². The van der Waals surface area contributed by atoms with Crippen LogP contribution in [0.25, 0.3) is 10.2 Å². The number of aromatic nitrogens is 2. The number of nitrogens with one attached hydrogen (secondary N) is 2. The summed E-state index contributed by atoms with van der Waals surface area (Å²) in [5, 5.41) is 7.41. The summed E-state index contributed by atoms with van der Waals surface area (Å²) in [6.45, 7) is 2.72. The fourth-order valence-corrected chi connectivity index (χ4v) is 4.32. The smallest absolute Gasteiger partial charge is 0.252 e. The van der Waals surface area contributed by atoms with Crippen LogP contribution in [0.2, 0.25) is 0 Å². The Bertz CT molecular complexity index is 868. The van der Waals surface area contributed by atoms with Crippen LogP contribution in [-0.2, 0) is 12.8 Å². The van der Waals surface area contributed by atoms with E-state index in [1.54, 1.807) is 17.5 Å². The Morgan fingerprint density at radius 3 is 3.08 bits per heavy atom. The average molecular weight is 366 g/mol. The zero-order chi connectivity index (χ0) is 17.8. The van der Waals surface area contributed by atoms with E-state index in [9.17, 15) is 4.79 Å². The molecule has 1 amide bonds. The molecule has 1 fully saturated rings. The van der Waals surface area contributed by atoms with Crippen LogP contribution in [0.1, 0.15) is 27.3 Å². The predicted molar refractivity (Wildman–Crippen MR) is 105 cm³/mol. The second-order valence-electron chi connectivity index (χ2n) is 6.73. The number of carbonyl (C=O) groups is 1. The van der Waals surface area contributed by atoms with Crippen molar-refractivity contribution in [2.45, 2.75) is 19.3 Å². The first-order valence-electron chi connectivity index (χ1n) is 9.05. The summed E-state index contributed by atoms with van der Waals surface area (Å²) < 4.78 is 1.19. The number of hydrogen-bond donors (Lipinski definition) is 2. The number of fused-ring (bicyclic) bond motifs is 1. The molecule has 1 aliphatic heterocycles. The maximum absolute atomic E-state index is 12.4. The number of para-hydroxylation sites is 1. The fraction of sp³-hybridized carbons (Fsp3) is 0.350. The van der Waals surface area contributed by atoms with Gasteiger partial charge in [-0.1, -0.05) is 12.1 Å². The minimum atomic E-state index is -0.0648. The van der Waals surface area contributed by atoms with Crippen molar-refractivity contribution in [3.63, 3.8) is 0 Å². The lowest BCUT2D eigenvalue weighted by Crippen LogP contribution is -2.26. The molecule has 0 saturated carbocycles. The van der Waals surface area contributed by atoms with Gasteiger partial charge in [0, 0.05) is 25.4 Å². The van der Waals surface area contributed by atoms with Gasteiger partial charge in [-0.25, -0.2) is 4.98 Å². The SMILES string of the molecule is O=C(NCCc1nc2ccccc2s1)c1cncc(CC2CCNC2)c1. The number of carbonyl (C=O) groups excluding carboxylic acids is 1. The number of hydrogen-bond acceptors (Lipinski definition) is 5. The largest absolute Gasteiger partial charge is 0.352 e. The van der Waals surface area contributed by atoms with E-state index >= 15 is 0 Å². The summed E-state index contributed by atoms with van der Waals surface area (Å²) in [6.07, 6.45) is 6.43. The summed E-state index contributed by atoms with van der Waals surface area (Å²) in [6, 6.07) is 10.1. The van der Waals surface area contributed by atoms with Gasteiger partial charge in [-0.15, -0.1) is 11.3 Å². The Balaban J connectivity index is 1.32. The van der Waals surface area contributed by atoms with Gasteiger partial charge >= 0.3 is 0 Å². The number of pyridine rings is 1. The molecule has 1 saturated heterocycles. The number of rotatable bonds is 6. The Morgan fingerprint density at radius 2 is 2.23 bits per heavy atom. The van der Waals surface area contributed by atoms with Crippen molar-refractivity contribution in [2.75, 3.05) is 19.6 Å². The van der Waals surface area contributed by atoms with Gasteiger partial charge in [0.2, 0.25) is 0 Å². The van der Waals surface area contributed by atoms with Crippen LogP contribution in [0.5, 0.6) is 0 Å². The molecule has 1 aromatic carbocycles. The van der Waals surface area contributed by atoms with Crippen molar-refractivity contribution >= 4 is 27.5 Å². The number of benzene rings is 1. The molecule has 0 aliphatic carbocycles. The lowest BCUT2D eigenvalue weighted by atomic mass is 9.99. The molecule has 3 aromatic rings. The third-order valence-electron chi connectivity index (χ3n) is 4.71. The predicted octanol–water partition coefficient (Wildman–Crippen LogP) is 2.82. The molecular formula is C20H22N4OS. The summed E-state index contributed by atoms with van der Waals surface area (Å²) in [5.41, 5.74) is 2.80. The van der Waals surface area contributed by atoms with E-state index in [2.05, 4.69) is 26.7 Å². The summed E-state index contributed by atoms with van der Waals surface area (Å²) in [4.78, 5) is 21.3. The lowest BCUT2D eigenvalue weighted by Gasteiger charge is -2.09. The molecule has 1 unspecified atom stereocenters. The summed E-state index contributed by atoms with van der Waals surface area (Å²) in [5.74, 6) is 0.583. The van der Waals surface area contributed by atoms with Crippen molar-refractivity contribution in [2.24, 2.45) is 5.92 Å². The van der Waals surface area contributed by atoms with Gasteiger partial charge in [0.15, 0.2) is 0 Å². The topological polar surface area (TPSA) is 66.9 Å². The van der Waals surface area contributed by atoms with Crippen LogP contribution in [0, 0.1) is 5.92 Å². The molecule has 26 heavy (non-hydrogen) atoms. The molecule has 0 spiro atoms. The molecule has 3 heterocycles. The van der Waals surface area contributed by atoms with E-state index in [0.29, 0.717) is 18.0 Å². The average Bonchev–Trinajstić information content (AvgIpc) is 3.31. The van der Waals surface area contributed by atoms with Crippen LogP contribution < -0.4 is 10.6 Å². The Morgan fingerprint density at radius 1 is 1.31 bits per heavy atom. The number of thiazole rings is 1. The van der Waals surface area contributed by atoms with Gasteiger partial charge in [0.25, 0.3) is 5.91 Å². The fourth-order valence-electron chi connectivity index (χ4n) is 3.36. The van der Waals surface area contributed by atoms with Crippen molar-refractivity contribution in [1.29, 1.82) is 0 Å². The number of amides is 1. The molecule has 1 atom stereocenters. The molecule has 2 aromatic heterocycles. The normalized spacial score (nSPS) is 16.8. The van der Waals surface area contributed by atoms with Gasteiger partial charge < -0.3 is 10.6 Å². The Labute approximate surface area is 156 Å². The van der Waals surface area contributed by atoms with Crippen molar-refractivity contribution < 1.29 is 4.79 Å². The molecule has 2 N–H and O–H groups in total. The zero-order valence-corrected chi connectivity index (χ0v) is 15.4. The monoisotopic (exact) mass is 366 g/mol. The first kappa shape index (κ1) is 17.1. The third kappa shape index (κ3) is 4.08. The highest BCUT2D eigenvalue weighted by atomic mass is 32.1. The van der Waals surface area contributed by atoms with Crippen LogP contribution in [-0.4, -0.2) is 35.5 Å². The van der Waals surface area contributed by atoms with Crippen LogP contribution >= 0.6 is 11.3 Å². The van der Waals surface area contributed by atoms with E-state index in [4.69, 9.17) is 0 Å². The molecule has 1 aliphatic rings. The van der Waals surface area contributed by atoms with Gasteiger partial charge in [0.1, 0.15) is 0 Å². The molecule has 0 radical (unpaired) electrons. The number of nitrogens with zero attached hydrogens (tertiary/aromatic N) is 2. The first-order valence-corrected chi connectivity index (χ1v) is 9.87. The minimum absolute atomic E-state index is 0.0648. The van der Waals surface area contributed by atoms with Crippen molar-refractivity contribution in [3.8, 4) is 0 Å². The molecule has 6 heteroatoms. The van der Waals surface area contributed by atoms with Gasteiger partial charge in [0.05, 0.1) is 20.8 Å². The van der Waals surface area contributed by atoms with Gasteiger partial charge in [-0.3, -0.25) is 9.78 Å². The van der Waals surface area contributed by atoms with Gasteiger partial charge in [-0.05, 0) is 55.6 Å². The molecule has 134 valence electrons. The van der Waals surface area contributed by atoms with Crippen LogP contribution in [0.15, 0.2) is 42.7 Å². The highest BCUT2D eigenvalue weighted by Crippen LogP contribution is 2.21. The third-order valence-corrected chi connectivity index (χ3v) is 5.80. The highest BCUT2D eigenvalue weighted by Gasteiger charge is 2.16. The Kier molecular flexibility index (Phi) is 5.22. The van der Waals surface area contributed by atoms with Crippen LogP contribution in [0.3, 0.4) is 0 Å². The molecule has 5 nitrogen and oxygen atoms in total. The quantitative estimate of drug-likeness (QED) is 0.704. The Hall–Kier alpha value is -2.31. The van der Waals surface area contributed by atoms with Crippen molar-refractivity contribution in [3.05, 3.63) is 58.9 Å². The van der Waals surface area contributed by atoms with E-state index in [1.807, 2.05) is 30.5 Å². The molecule has 0 bridgehead atoms. The zero-order valence-electron chi connectivity index (χ0n) is 14.6. The molecule has 4 rings (SSSR count). The van der Waals surface area contributed by atoms with Crippen molar-refractivity contribution in [1.82, 2.24) is 20.6 Å². The van der Waals surface area contributed by atoms with E-state index in [1.165, 1.54) is 11.1 Å². The highest BCUT2D eigenvalue weighted by molar-refractivity contribution is 7.18. The second kappa shape index (κ2) is 7.93. The van der Waals surface area contributed by atoms with E-state index in [0.717, 1.165) is 42.0 Å². The van der Waals surface area contributed by atoms with Crippen LogP contribution in [0.4, 0.5) is 0 Å².